The number of hydrogen-bond acceptors (Lipinski definition) is 4. The molecule has 16 heavy (non-hydrogen) atoms. The van der Waals surface area contributed by atoms with Crippen molar-refractivity contribution < 1.29 is 9.90 Å². The number of carboxylic acid groups (broad SMARTS) is 1. The lowest BCUT2D eigenvalue weighted by atomic mass is 10.2. The van der Waals surface area contributed by atoms with E-state index in [0.717, 1.165) is 0 Å². The second-order valence-corrected chi connectivity index (χ2v) is 3.34. The maximum atomic E-state index is 11.0. The average molecular weight is 218 g/mol. The molecule has 2 rings (SSSR count). The van der Waals surface area contributed by atoms with E-state index in [1.807, 2.05) is 0 Å². The lowest BCUT2D eigenvalue weighted by Crippen LogP contribution is -2.04. The molecule has 2 heterocycles. The Morgan fingerprint density at radius 3 is 2.69 bits per heavy atom. The molecule has 2 aromatic heterocycles. The maximum Gasteiger partial charge on any atom is 0.339 e. The highest BCUT2D eigenvalue weighted by Gasteiger charge is 2.18. The first kappa shape index (κ1) is 10.3. The highest BCUT2D eigenvalue weighted by Crippen LogP contribution is 2.15. The molecule has 0 amide bonds. The van der Waals surface area contributed by atoms with Crippen molar-refractivity contribution >= 4 is 5.97 Å². The normalized spacial score (nSPS) is 10.4. The molecule has 0 saturated carbocycles. The number of carbonyl (C=O) groups is 1. The topological polar surface area (TPSA) is 80.9 Å². The van der Waals surface area contributed by atoms with Crippen LogP contribution in [0.25, 0.3) is 5.82 Å². The molecule has 0 aliphatic rings. The van der Waals surface area contributed by atoms with Crippen molar-refractivity contribution in [2.24, 2.45) is 0 Å². The maximum absolute atomic E-state index is 11.0. The summed E-state index contributed by atoms with van der Waals surface area (Å²) in [6.07, 6.45) is 1.55. The zero-order valence-electron chi connectivity index (χ0n) is 8.88. The number of aryl methyl sites for hydroxylation is 1. The summed E-state index contributed by atoms with van der Waals surface area (Å²) in [7, 11) is 0. The molecule has 0 spiro atoms. The summed E-state index contributed by atoms with van der Waals surface area (Å²) in [4.78, 5) is 11.0. The Morgan fingerprint density at radius 1 is 1.44 bits per heavy atom. The molecule has 2 aromatic rings. The van der Waals surface area contributed by atoms with Crippen molar-refractivity contribution in [2.45, 2.75) is 13.8 Å². The third-order valence-electron chi connectivity index (χ3n) is 2.28. The number of rotatable bonds is 2. The lowest BCUT2D eigenvalue weighted by molar-refractivity contribution is 0.0695. The standard InChI is InChI=1S/C10H10N4O2/c1-6-9(10(15)16)7(2)14(13-6)8-4-3-5-11-12-8/h3-5H,1-2H3,(H,15,16). The van der Waals surface area contributed by atoms with Gasteiger partial charge in [-0.05, 0) is 26.0 Å². The van der Waals surface area contributed by atoms with Crippen LogP contribution in [0.4, 0.5) is 0 Å². The van der Waals surface area contributed by atoms with Gasteiger partial charge in [-0.2, -0.15) is 10.2 Å². The van der Waals surface area contributed by atoms with Crippen LogP contribution in [0, 0.1) is 13.8 Å². The monoisotopic (exact) mass is 218 g/mol. The number of carboxylic acids is 1. The molecule has 82 valence electrons. The third kappa shape index (κ3) is 1.54. The molecule has 0 atom stereocenters. The molecule has 6 nitrogen and oxygen atoms in total. The van der Waals surface area contributed by atoms with Crippen molar-refractivity contribution in [3.63, 3.8) is 0 Å². The van der Waals surface area contributed by atoms with Crippen molar-refractivity contribution in [2.75, 3.05) is 0 Å². The van der Waals surface area contributed by atoms with E-state index in [-0.39, 0.29) is 5.56 Å². The SMILES string of the molecule is Cc1nn(-c2cccnn2)c(C)c1C(=O)O. The van der Waals surface area contributed by atoms with Crippen LogP contribution in [0.3, 0.4) is 0 Å². The van der Waals surface area contributed by atoms with Gasteiger partial charge in [-0.15, -0.1) is 5.10 Å². The van der Waals surface area contributed by atoms with Crippen LogP contribution in [0.2, 0.25) is 0 Å². The molecule has 0 fully saturated rings. The average Bonchev–Trinajstić information content (AvgIpc) is 2.55. The van der Waals surface area contributed by atoms with Crippen molar-refractivity contribution in [1.82, 2.24) is 20.0 Å². The number of nitrogens with zero attached hydrogens (tertiary/aromatic N) is 4. The molecule has 6 heteroatoms. The molecule has 0 bridgehead atoms. The minimum atomic E-state index is -0.981. The summed E-state index contributed by atoms with van der Waals surface area (Å²) in [6, 6.07) is 3.44. The third-order valence-corrected chi connectivity index (χ3v) is 2.28. The first-order valence-electron chi connectivity index (χ1n) is 4.69. The smallest absolute Gasteiger partial charge is 0.339 e. The Hall–Kier alpha value is -2.24. The van der Waals surface area contributed by atoms with E-state index >= 15 is 0 Å². The number of hydrogen-bond donors (Lipinski definition) is 1. The van der Waals surface area contributed by atoms with Crippen molar-refractivity contribution in [3.8, 4) is 5.82 Å². The number of aromatic carboxylic acids is 1. The molecule has 1 N–H and O–H groups in total. The molecular formula is C10H10N4O2. The predicted molar refractivity (Wildman–Crippen MR) is 55.6 cm³/mol. The fraction of sp³-hybridized carbons (Fsp3) is 0.200. The van der Waals surface area contributed by atoms with E-state index in [2.05, 4.69) is 15.3 Å². The van der Waals surface area contributed by atoms with Crippen LogP contribution in [-0.2, 0) is 0 Å². The fourth-order valence-corrected chi connectivity index (χ4v) is 1.58. The van der Waals surface area contributed by atoms with Gasteiger partial charge in [-0.25, -0.2) is 9.48 Å². The summed E-state index contributed by atoms with van der Waals surface area (Å²) in [5, 5.41) is 20.8. The largest absolute Gasteiger partial charge is 0.478 e. The minimum absolute atomic E-state index is 0.214. The lowest BCUT2D eigenvalue weighted by Gasteiger charge is -2.01. The van der Waals surface area contributed by atoms with Crippen LogP contribution in [0.15, 0.2) is 18.3 Å². The van der Waals surface area contributed by atoms with Gasteiger partial charge in [0.2, 0.25) is 0 Å². The summed E-state index contributed by atoms with van der Waals surface area (Å²) >= 11 is 0. The summed E-state index contributed by atoms with van der Waals surface area (Å²) in [5.41, 5.74) is 1.23. The second-order valence-electron chi connectivity index (χ2n) is 3.34. The van der Waals surface area contributed by atoms with Crippen LogP contribution in [0.1, 0.15) is 21.7 Å². The molecule has 0 aromatic carbocycles. The minimum Gasteiger partial charge on any atom is -0.478 e. The van der Waals surface area contributed by atoms with Gasteiger partial charge >= 0.3 is 5.97 Å². The van der Waals surface area contributed by atoms with Crippen LogP contribution in [0.5, 0.6) is 0 Å². The molecule has 0 saturated heterocycles. The van der Waals surface area contributed by atoms with Crippen molar-refractivity contribution in [1.29, 1.82) is 0 Å². The Morgan fingerprint density at radius 2 is 2.19 bits per heavy atom. The summed E-state index contributed by atoms with van der Waals surface area (Å²) in [6.45, 7) is 3.35. The van der Waals surface area contributed by atoms with E-state index in [9.17, 15) is 4.79 Å². The van der Waals surface area contributed by atoms with E-state index in [1.54, 1.807) is 32.2 Å². The Kier molecular flexibility index (Phi) is 2.40. The molecule has 0 aliphatic heterocycles. The molecular weight excluding hydrogens is 208 g/mol. The van der Waals surface area contributed by atoms with Gasteiger partial charge in [-0.3, -0.25) is 0 Å². The van der Waals surface area contributed by atoms with E-state index < -0.39 is 5.97 Å². The van der Waals surface area contributed by atoms with E-state index in [1.165, 1.54) is 4.68 Å². The zero-order chi connectivity index (χ0) is 11.7. The number of aromatic nitrogens is 4. The van der Waals surface area contributed by atoms with Crippen molar-refractivity contribution in [3.05, 3.63) is 35.3 Å². The van der Waals surface area contributed by atoms with Crippen LogP contribution in [-0.4, -0.2) is 31.1 Å². The highest BCUT2D eigenvalue weighted by atomic mass is 16.4. The Bertz CT molecular complexity index is 533. The highest BCUT2D eigenvalue weighted by molar-refractivity contribution is 5.90. The molecule has 0 aliphatic carbocycles. The van der Waals surface area contributed by atoms with Gasteiger partial charge in [0.05, 0.1) is 11.4 Å². The van der Waals surface area contributed by atoms with Gasteiger partial charge in [0, 0.05) is 6.20 Å². The Labute approximate surface area is 91.6 Å². The van der Waals surface area contributed by atoms with Gasteiger partial charge in [0.25, 0.3) is 0 Å². The molecule has 0 radical (unpaired) electrons. The molecule has 0 unspecified atom stereocenters. The summed E-state index contributed by atoms with van der Waals surface area (Å²) in [5.74, 6) is -0.472. The fourth-order valence-electron chi connectivity index (χ4n) is 1.58. The zero-order valence-corrected chi connectivity index (χ0v) is 8.88. The van der Waals surface area contributed by atoms with Gasteiger partial charge in [0.1, 0.15) is 5.56 Å². The summed E-state index contributed by atoms with van der Waals surface area (Å²) < 4.78 is 1.48. The van der Waals surface area contributed by atoms with E-state index in [0.29, 0.717) is 17.2 Å². The van der Waals surface area contributed by atoms with Crippen LogP contribution >= 0.6 is 0 Å². The van der Waals surface area contributed by atoms with E-state index in [4.69, 9.17) is 5.11 Å². The predicted octanol–water partition coefficient (Wildman–Crippen LogP) is 0.977. The van der Waals surface area contributed by atoms with Crippen LogP contribution < -0.4 is 0 Å². The Balaban J connectivity index is 2.61. The second kappa shape index (κ2) is 3.73. The first-order chi connectivity index (χ1) is 7.61. The van der Waals surface area contributed by atoms with Gasteiger partial charge in [0.15, 0.2) is 5.82 Å². The van der Waals surface area contributed by atoms with Gasteiger partial charge in [-0.1, -0.05) is 0 Å². The first-order valence-corrected chi connectivity index (χ1v) is 4.69. The van der Waals surface area contributed by atoms with Gasteiger partial charge < -0.3 is 5.11 Å². The quantitative estimate of drug-likeness (QED) is 0.812.